The summed E-state index contributed by atoms with van der Waals surface area (Å²) in [6.45, 7) is 7.84. The summed E-state index contributed by atoms with van der Waals surface area (Å²) in [4.78, 5) is 15.1. The number of aromatic nitrogens is 2. The van der Waals surface area contributed by atoms with Crippen LogP contribution in [0.25, 0.3) is 11.5 Å². The lowest BCUT2D eigenvalue weighted by Gasteiger charge is -2.40. The highest BCUT2D eigenvalue weighted by Gasteiger charge is 2.28. The average Bonchev–Trinajstić information content (AvgIpc) is 3.29. The van der Waals surface area contributed by atoms with Gasteiger partial charge in [-0.25, -0.2) is 0 Å². The average molecular weight is 442 g/mol. The van der Waals surface area contributed by atoms with Gasteiger partial charge in [-0.15, -0.1) is 10.2 Å². The Balaban J connectivity index is 1.38. The van der Waals surface area contributed by atoms with Crippen LogP contribution in [0.4, 0.5) is 5.69 Å². The highest BCUT2D eigenvalue weighted by molar-refractivity contribution is 6.31. The van der Waals surface area contributed by atoms with Crippen LogP contribution in [0.5, 0.6) is 0 Å². The largest absolute Gasteiger partial charge is 0.419 e. The van der Waals surface area contributed by atoms with Gasteiger partial charge in [0.05, 0.1) is 11.0 Å². The Labute approximate surface area is 185 Å². The van der Waals surface area contributed by atoms with Crippen molar-refractivity contribution in [1.82, 2.24) is 20.0 Å². The number of halogens is 1. The van der Waals surface area contributed by atoms with Gasteiger partial charge in [-0.05, 0) is 37.6 Å². The smallest absolute Gasteiger partial charge is 0.269 e. The molecule has 0 N–H and O–H groups in total. The maximum atomic E-state index is 10.8. The van der Waals surface area contributed by atoms with E-state index in [0.717, 1.165) is 36.8 Å². The molecule has 9 heteroatoms. The highest BCUT2D eigenvalue weighted by Crippen LogP contribution is 2.30. The van der Waals surface area contributed by atoms with Crippen LogP contribution in [-0.4, -0.2) is 51.1 Å². The lowest BCUT2D eigenvalue weighted by molar-refractivity contribution is -0.384. The second-order valence-corrected chi connectivity index (χ2v) is 8.10. The van der Waals surface area contributed by atoms with E-state index in [1.165, 1.54) is 12.1 Å². The van der Waals surface area contributed by atoms with E-state index in [2.05, 4.69) is 39.9 Å². The third-order valence-corrected chi connectivity index (χ3v) is 6.27. The van der Waals surface area contributed by atoms with Gasteiger partial charge in [-0.2, -0.15) is 0 Å². The van der Waals surface area contributed by atoms with Gasteiger partial charge < -0.3 is 4.42 Å². The summed E-state index contributed by atoms with van der Waals surface area (Å²) in [5.74, 6) is 0.906. The van der Waals surface area contributed by atoms with E-state index in [-0.39, 0.29) is 17.8 Å². The van der Waals surface area contributed by atoms with Gasteiger partial charge in [-0.3, -0.25) is 19.9 Å². The fourth-order valence-electron chi connectivity index (χ4n) is 3.92. The van der Waals surface area contributed by atoms with Crippen molar-refractivity contribution < 1.29 is 9.34 Å². The standard InChI is InChI=1S/C22H24ClN5O3/c1-15(19-5-3-4-6-20(19)23)26-11-13-27(14-12-26)16(2)21-24-25-22(31-21)17-7-9-18(10-8-17)28(29)30/h3-10,15-16H,11-14H2,1-2H3. The first-order valence-electron chi connectivity index (χ1n) is 10.2. The Bertz CT molecular complexity index is 1050. The molecule has 8 nitrogen and oxygen atoms in total. The van der Waals surface area contributed by atoms with Gasteiger partial charge in [0.25, 0.3) is 5.69 Å². The molecule has 2 atom stereocenters. The van der Waals surface area contributed by atoms with E-state index in [9.17, 15) is 10.1 Å². The minimum Gasteiger partial charge on any atom is -0.419 e. The lowest BCUT2D eigenvalue weighted by Crippen LogP contribution is -2.47. The number of non-ortho nitro benzene ring substituents is 1. The predicted molar refractivity (Wildman–Crippen MR) is 118 cm³/mol. The van der Waals surface area contributed by atoms with E-state index in [0.29, 0.717) is 17.3 Å². The number of nitro groups is 1. The van der Waals surface area contributed by atoms with Crippen LogP contribution in [-0.2, 0) is 0 Å². The number of nitro benzene ring substituents is 1. The van der Waals surface area contributed by atoms with Crippen LogP contribution in [0, 0.1) is 10.1 Å². The third-order valence-electron chi connectivity index (χ3n) is 5.92. The summed E-state index contributed by atoms with van der Waals surface area (Å²) in [7, 11) is 0. The van der Waals surface area contributed by atoms with Crippen LogP contribution >= 0.6 is 11.6 Å². The van der Waals surface area contributed by atoms with Gasteiger partial charge in [0, 0.05) is 54.9 Å². The quantitative estimate of drug-likeness (QED) is 0.403. The van der Waals surface area contributed by atoms with Gasteiger partial charge in [0.2, 0.25) is 11.8 Å². The number of hydrogen-bond acceptors (Lipinski definition) is 7. The molecule has 0 bridgehead atoms. The lowest BCUT2D eigenvalue weighted by atomic mass is 10.1. The molecule has 1 saturated heterocycles. The molecule has 0 radical (unpaired) electrons. The molecule has 3 aromatic rings. The maximum Gasteiger partial charge on any atom is 0.269 e. The monoisotopic (exact) mass is 441 g/mol. The number of nitrogens with zero attached hydrogens (tertiary/aromatic N) is 5. The molecule has 0 amide bonds. The van der Waals surface area contributed by atoms with E-state index in [4.69, 9.17) is 16.0 Å². The first kappa shape index (κ1) is 21.4. The van der Waals surface area contributed by atoms with Crippen molar-refractivity contribution in [2.24, 2.45) is 0 Å². The van der Waals surface area contributed by atoms with E-state index >= 15 is 0 Å². The molecule has 1 fully saturated rings. The number of benzene rings is 2. The Kier molecular flexibility index (Phi) is 6.31. The molecule has 162 valence electrons. The summed E-state index contributed by atoms with van der Waals surface area (Å²) >= 11 is 6.38. The van der Waals surface area contributed by atoms with Crippen LogP contribution < -0.4 is 0 Å². The van der Waals surface area contributed by atoms with Gasteiger partial charge >= 0.3 is 0 Å². The van der Waals surface area contributed by atoms with E-state index < -0.39 is 4.92 Å². The normalized spacial score (nSPS) is 17.4. The Hall–Kier alpha value is -2.81. The van der Waals surface area contributed by atoms with Crippen molar-refractivity contribution in [1.29, 1.82) is 0 Å². The number of hydrogen-bond donors (Lipinski definition) is 0. The second-order valence-electron chi connectivity index (χ2n) is 7.69. The van der Waals surface area contributed by atoms with Crippen LogP contribution in [0.1, 0.15) is 37.4 Å². The fourth-order valence-corrected chi connectivity index (χ4v) is 4.22. The minimum absolute atomic E-state index is 0.0166. The van der Waals surface area contributed by atoms with Crippen molar-refractivity contribution >= 4 is 17.3 Å². The summed E-state index contributed by atoms with van der Waals surface area (Å²) in [5, 5.41) is 20.0. The first-order valence-corrected chi connectivity index (χ1v) is 10.6. The van der Waals surface area contributed by atoms with Crippen molar-refractivity contribution in [2.45, 2.75) is 25.9 Å². The molecule has 31 heavy (non-hydrogen) atoms. The number of piperazine rings is 1. The fraction of sp³-hybridized carbons (Fsp3) is 0.364. The van der Waals surface area contributed by atoms with Gasteiger partial charge in [0.15, 0.2) is 0 Å². The third kappa shape index (κ3) is 4.61. The molecule has 0 saturated carbocycles. The summed E-state index contributed by atoms with van der Waals surface area (Å²) in [6.07, 6.45) is 0. The van der Waals surface area contributed by atoms with E-state index in [1.54, 1.807) is 12.1 Å². The molecule has 0 aliphatic carbocycles. The van der Waals surface area contributed by atoms with Crippen LogP contribution in [0.2, 0.25) is 5.02 Å². The zero-order valence-corrected chi connectivity index (χ0v) is 18.2. The molecule has 2 heterocycles. The molecule has 2 unspecified atom stereocenters. The van der Waals surface area contributed by atoms with Crippen molar-refractivity contribution in [3.05, 3.63) is 75.1 Å². The summed E-state index contributed by atoms with van der Waals surface area (Å²) in [5.41, 5.74) is 1.84. The predicted octanol–water partition coefficient (Wildman–Crippen LogP) is 4.74. The topological polar surface area (TPSA) is 88.5 Å². The van der Waals surface area contributed by atoms with Gasteiger partial charge in [0.1, 0.15) is 0 Å². The second kappa shape index (κ2) is 9.13. The maximum absolute atomic E-state index is 10.8. The molecular formula is C22H24ClN5O3. The van der Waals surface area contributed by atoms with Crippen LogP contribution in [0.3, 0.4) is 0 Å². The zero-order valence-electron chi connectivity index (χ0n) is 17.4. The minimum atomic E-state index is -0.433. The molecule has 1 aliphatic rings. The summed E-state index contributed by atoms with van der Waals surface area (Å²) in [6, 6.07) is 14.3. The molecule has 2 aromatic carbocycles. The molecular weight excluding hydrogens is 418 g/mol. The van der Waals surface area contributed by atoms with Gasteiger partial charge in [-0.1, -0.05) is 29.8 Å². The molecule has 4 rings (SSSR count). The summed E-state index contributed by atoms with van der Waals surface area (Å²) < 4.78 is 5.88. The van der Waals surface area contributed by atoms with Crippen LogP contribution in [0.15, 0.2) is 52.9 Å². The first-order chi connectivity index (χ1) is 14.9. The highest BCUT2D eigenvalue weighted by atomic mass is 35.5. The van der Waals surface area contributed by atoms with E-state index in [1.807, 2.05) is 18.2 Å². The van der Waals surface area contributed by atoms with Crippen molar-refractivity contribution in [3.63, 3.8) is 0 Å². The zero-order chi connectivity index (χ0) is 22.0. The van der Waals surface area contributed by atoms with Crippen molar-refractivity contribution in [3.8, 4) is 11.5 Å². The Morgan fingerprint density at radius 2 is 1.58 bits per heavy atom. The SMILES string of the molecule is CC(c1nnc(-c2ccc([N+](=O)[O-])cc2)o1)N1CCN(C(C)c2ccccc2Cl)CC1. The van der Waals surface area contributed by atoms with Crippen molar-refractivity contribution in [2.75, 3.05) is 26.2 Å². The Morgan fingerprint density at radius 3 is 2.19 bits per heavy atom. The molecule has 0 spiro atoms. The Morgan fingerprint density at radius 1 is 0.968 bits per heavy atom. The molecule has 1 aromatic heterocycles. The molecule has 1 aliphatic heterocycles. The number of rotatable bonds is 6.